The van der Waals surface area contributed by atoms with Crippen molar-refractivity contribution in [3.8, 4) is 0 Å². The van der Waals surface area contributed by atoms with Crippen LogP contribution in [0.1, 0.15) is 13.8 Å². The Hall–Kier alpha value is -0.720. The van der Waals surface area contributed by atoms with Crippen molar-refractivity contribution in [3.05, 3.63) is 18.2 Å². The molecule has 0 radical (unpaired) electrons. The van der Waals surface area contributed by atoms with Gasteiger partial charge in [0.2, 0.25) is 5.91 Å². The van der Waals surface area contributed by atoms with E-state index in [4.69, 9.17) is 10.7 Å². The first-order chi connectivity index (χ1) is 8.25. The molecule has 0 bridgehead atoms. The van der Waals surface area contributed by atoms with Gasteiger partial charge in [-0.3, -0.25) is 4.79 Å². The maximum absolute atomic E-state index is 11.6. The van der Waals surface area contributed by atoms with Crippen molar-refractivity contribution in [2.45, 2.75) is 23.6 Å². The second-order valence-corrected chi connectivity index (χ2v) is 7.36. The van der Waals surface area contributed by atoms with E-state index in [9.17, 15) is 13.2 Å². The Bertz CT molecular complexity index is 555. The number of benzene rings is 1. The van der Waals surface area contributed by atoms with Crippen LogP contribution < -0.4 is 5.32 Å². The zero-order valence-corrected chi connectivity index (χ0v) is 12.6. The van der Waals surface area contributed by atoms with E-state index >= 15 is 0 Å². The molecular weight excluding hydrogens is 294 g/mol. The van der Waals surface area contributed by atoms with Gasteiger partial charge in [-0.2, -0.15) is 0 Å². The van der Waals surface area contributed by atoms with Gasteiger partial charge in [-0.25, -0.2) is 8.42 Å². The smallest absolute Gasteiger partial charge is 0.261 e. The van der Waals surface area contributed by atoms with Gasteiger partial charge in [-0.15, -0.1) is 11.8 Å². The number of hydrogen-bond acceptors (Lipinski definition) is 4. The number of amides is 1. The highest BCUT2D eigenvalue weighted by molar-refractivity contribution is 8.13. The van der Waals surface area contributed by atoms with Crippen LogP contribution in [0.2, 0.25) is 0 Å². The highest BCUT2D eigenvalue weighted by Crippen LogP contribution is 2.29. The molecule has 1 amide bonds. The van der Waals surface area contributed by atoms with Crippen LogP contribution in [-0.4, -0.2) is 20.6 Å². The number of carbonyl (C=O) groups excluding carboxylic acids is 1. The zero-order chi connectivity index (χ0) is 13.9. The first kappa shape index (κ1) is 15.3. The van der Waals surface area contributed by atoms with Crippen LogP contribution in [0.25, 0.3) is 0 Å². The van der Waals surface area contributed by atoms with Crippen molar-refractivity contribution < 1.29 is 13.2 Å². The lowest BCUT2D eigenvalue weighted by Gasteiger charge is -2.12. The second-order valence-electron chi connectivity index (χ2n) is 3.94. The quantitative estimate of drug-likeness (QED) is 0.686. The molecule has 0 fully saturated rings. The Morgan fingerprint density at radius 3 is 2.44 bits per heavy atom. The van der Waals surface area contributed by atoms with Crippen molar-refractivity contribution in [1.82, 2.24) is 0 Å². The van der Waals surface area contributed by atoms with E-state index < -0.39 is 9.05 Å². The highest BCUT2D eigenvalue weighted by Gasteiger charge is 2.15. The van der Waals surface area contributed by atoms with E-state index in [2.05, 4.69) is 5.32 Å². The Kier molecular flexibility index (Phi) is 5.07. The minimum absolute atomic E-state index is 0.0268. The third-order valence-corrected chi connectivity index (χ3v) is 4.38. The van der Waals surface area contributed by atoms with Gasteiger partial charge < -0.3 is 5.32 Å². The fourth-order valence-corrected chi connectivity index (χ4v) is 2.52. The molecule has 7 heteroatoms. The molecular formula is C11H14ClNO3S2. The summed E-state index contributed by atoms with van der Waals surface area (Å²) in [5, 5.41) is 2.69. The lowest BCUT2D eigenvalue weighted by atomic mass is 10.2. The van der Waals surface area contributed by atoms with Crippen molar-refractivity contribution in [2.24, 2.45) is 5.92 Å². The van der Waals surface area contributed by atoms with Crippen LogP contribution >= 0.6 is 22.4 Å². The molecule has 1 aromatic rings. The molecule has 100 valence electrons. The SMILES string of the molecule is CSc1ccc(S(=O)(=O)Cl)cc1NC(=O)C(C)C. The lowest BCUT2D eigenvalue weighted by Crippen LogP contribution is -2.18. The molecule has 0 aliphatic rings. The molecule has 0 aromatic heterocycles. The number of nitrogens with one attached hydrogen (secondary N) is 1. The predicted molar refractivity (Wildman–Crippen MR) is 74.7 cm³/mol. The van der Waals surface area contributed by atoms with Crippen molar-refractivity contribution in [2.75, 3.05) is 11.6 Å². The van der Waals surface area contributed by atoms with Gasteiger partial charge >= 0.3 is 0 Å². The third kappa shape index (κ3) is 3.90. The first-order valence-electron chi connectivity index (χ1n) is 5.19. The Balaban J connectivity index is 3.19. The molecule has 1 rings (SSSR count). The summed E-state index contributed by atoms with van der Waals surface area (Å²) in [6, 6.07) is 4.41. The maximum Gasteiger partial charge on any atom is 0.261 e. The average Bonchev–Trinajstić information content (AvgIpc) is 2.27. The summed E-state index contributed by atoms with van der Waals surface area (Å²) >= 11 is 1.42. The summed E-state index contributed by atoms with van der Waals surface area (Å²) < 4.78 is 22.5. The summed E-state index contributed by atoms with van der Waals surface area (Å²) in [4.78, 5) is 12.4. The molecule has 0 saturated carbocycles. The maximum atomic E-state index is 11.6. The van der Waals surface area contributed by atoms with Gasteiger partial charge in [0.15, 0.2) is 0 Å². The number of hydrogen-bond donors (Lipinski definition) is 1. The van der Waals surface area contributed by atoms with Gasteiger partial charge in [0.1, 0.15) is 0 Å². The Morgan fingerprint density at radius 2 is 2.00 bits per heavy atom. The lowest BCUT2D eigenvalue weighted by molar-refractivity contribution is -0.118. The molecule has 0 spiro atoms. The van der Waals surface area contributed by atoms with Gasteiger partial charge in [0.05, 0.1) is 10.6 Å². The zero-order valence-electron chi connectivity index (χ0n) is 10.2. The normalized spacial score (nSPS) is 11.6. The summed E-state index contributed by atoms with van der Waals surface area (Å²) in [7, 11) is 1.48. The number of halogens is 1. The Morgan fingerprint density at radius 1 is 1.39 bits per heavy atom. The summed E-state index contributed by atoms with van der Waals surface area (Å²) in [6.07, 6.45) is 1.84. The van der Waals surface area contributed by atoms with Gasteiger partial charge in [0.25, 0.3) is 9.05 Å². The van der Waals surface area contributed by atoms with E-state index in [-0.39, 0.29) is 16.7 Å². The van der Waals surface area contributed by atoms with E-state index in [1.54, 1.807) is 19.9 Å². The topological polar surface area (TPSA) is 63.2 Å². The van der Waals surface area contributed by atoms with Crippen LogP contribution in [0.15, 0.2) is 28.0 Å². The highest BCUT2D eigenvalue weighted by atomic mass is 35.7. The van der Waals surface area contributed by atoms with Crippen LogP contribution in [0, 0.1) is 5.92 Å². The third-order valence-electron chi connectivity index (χ3n) is 2.23. The molecule has 0 unspecified atom stereocenters. The van der Waals surface area contributed by atoms with Crippen LogP contribution in [-0.2, 0) is 13.8 Å². The minimum Gasteiger partial charge on any atom is -0.325 e. The molecule has 18 heavy (non-hydrogen) atoms. The summed E-state index contributed by atoms with van der Waals surface area (Å²) in [5.41, 5.74) is 0.461. The number of thioether (sulfide) groups is 1. The van der Waals surface area contributed by atoms with Gasteiger partial charge in [-0.1, -0.05) is 13.8 Å². The molecule has 0 aliphatic heterocycles. The fraction of sp³-hybridized carbons (Fsp3) is 0.364. The summed E-state index contributed by atoms with van der Waals surface area (Å²) in [6.45, 7) is 3.52. The standard InChI is InChI=1S/C11H14ClNO3S2/c1-7(2)11(14)13-9-6-8(18(12,15)16)4-5-10(9)17-3/h4-7H,1-3H3,(H,13,14). The van der Waals surface area contributed by atoms with Crippen LogP contribution in [0.4, 0.5) is 5.69 Å². The van der Waals surface area contributed by atoms with Crippen molar-refractivity contribution >= 4 is 43.1 Å². The molecule has 1 aromatic carbocycles. The second kappa shape index (κ2) is 5.95. The largest absolute Gasteiger partial charge is 0.325 e. The molecule has 0 saturated heterocycles. The van der Waals surface area contributed by atoms with E-state index in [0.717, 1.165) is 4.90 Å². The van der Waals surface area contributed by atoms with Crippen molar-refractivity contribution in [3.63, 3.8) is 0 Å². The average molecular weight is 308 g/mol. The van der Waals surface area contributed by atoms with Crippen LogP contribution in [0.5, 0.6) is 0 Å². The fourth-order valence-electron chi connectivity index (χ4n) is 1.21. The van der Waals surface area contributed by atoms with Crippen molar-refractivity contribution in [1.29, 1.82) is 0 Å². The predicted octanol–water partition coefficient (Wildman–Crippen LogP) is 2.93. The number of carbonyl (C=O) groups is 1. The first-order valence-corrected chi connectivity index (χ1v) is 8.72. The van der Waals surface area contributed by atoms with Gasteiger partial charge in [-0.05, 0) is 24.5 Å². The minimum atomic E-state index is -3.79. The van der Waals surface area contributed by atoms with Crippen LogP contribution in [0.3, 0.4) is 0 Å². The van der Waals surface area contributed by atoms with Gasteiger partial charge in [0, 0.05) is 21.5 Å². The Labute approximate surface area is 116 Å². The van der Waals surface area contributed by atoms with E-state index in [1.165, 1.54) is 23.9 Å². The summed E-state index contributed by atoms with van der Waals surface area (Å²) in [5.74, 6) is -0.356. The number of anilines is 1. The molecule has 0 heterocycles. The monoisotopic (exact) mass is 307 g/mol. The molecule has 0 aliphatic carbocycles. The van der Waals surface area contributed by atoms with E-state index in [0.29, 0.717) is 5.69 Å². The molecule has 0 atom stereocenters. The number of rotatable bonds is 4. The molecule has 1 N–H and O–H groups in total. The van der Waals surface area contributed by atoms with E-state index in [1.807, 2.05) is 6.26 Å². The molecule has 4 nitrogen and oxygen atoms in total.